The van der Waals surface area contributed by atoms with Crippen molar-refractivity contribution in [1.82, 2.24) is 4.90 Å². The molecule has 2 heteroatoms. The van der Waals surface area contributed by atoms with Crippen molar-refractivity contribution in [3.63, 3.8) is 0 Å². The van der Waals surface area contributed by atoms with E-state index in [1.807, 2.05) is 0 Å². The Hall–Kier alpha value is 0.310. The van der Waals surface area contributed by atoms with E-state index in [4.69, 9.17) is 0 Å². The van der Waals surface area contributed by atoms with Crippen molar-refractivity contribution in [3.8, 4) is 0 Å². The van der Waals surface area contributed by atoms with Crippen LogP contribution in [-0.4, -0.2) is 30.3 Å². The van der Waals surface area contributed by atoms with Crippen LogP contribution in [0.4, 0.5) is 0 Å². The summed E-state index contributed by atoms with van der Waals surface area (Å²) >= 11 is 4.27. The van der Waals surface area contributed by atoms with E-state index >= 15 is 0 Å². The average Bonchev–Trinajstić information content (AvgIpc) is 2.38. The Morgan fingerprint density at radius 1 is 0.824 bits per heavy atom. The van der Waals surface area contributed by atoms with Crippen LogP contribution < -0.4 is 0 Å². The Bertz CT molecular complexity index is 201. The summed E-state index contributed by atoms with van der Waals surface area (Å²) in [7, 11) is 0. The van der Waals surface area contributed by atoms with Gasteiger partial charge in [-0.3, -0.25) is 0 Å². The summed E-state index contributed by atoms with van der Waals surface area (Å²) in [6.45, 7) is 4.09. The molecule has 0 aromatic heterocycles. The SMILES string of the molecule is SCCCCCN1CCC2(CCCCC2)CC1. The van der Waals surface area contributed by atoms with Crippen LogP contribution in [0, 0.1) is 5.41 Å². The maximum atomic E-state index is 4.27. The number of likely N-dealkylation sites (tertiary alicyclic amines) is 1. The zero-order valence-corrected chi connectivity index (χ0v) is 12.2. The van der Waals surface area contributed by atoms with Crippen LogP contribution in [0.3, 0.4) is 0 Å². The van der Waals surface area contributed by atoms with Gasteiger partial charge in [0.1, 0.15) is 0 Å². The number of nitrogens with zero attached hydrogens (tertiary/aromatic N) is 1. The minimum atomic E-state index is 0.778. The van der Waals surface area contributed by atoms with Gasteiger partial charge in [0.15, 0.2) is 0 Å². The van der Waals surface area contributed by atoms with Crippen molar-refractivity contribution in [1.29, 1.82) is 0 Å². The maximum absolute atomic E-state index is 4.27. The van der Waals surface area contributed by atoms with Crippen molar-refractivity contribution in [2.24, 2.45) is 5.41 Å². The van der Waals surface area contributed by atoms with Gasteiger partial charge in [0, 0.05) is 0 Å². The van der Waals surface area contributed by atoms with Gasteiger partial charge < -0.3 is 4.90 Å². The van der Waals surface area contributed by atoms with E-state index in [-0.39, 0.29) is 0 Å². The van der Waals surface area contributed by atoms with Crippen LogP contribution in [0.2, 0.25) is 0 Å². The highest BCUT2D eigenvalue weighted by Crippen LogP contribution is 2.44. The first-order valence-electron chi connectivity index (χ1n) is 7.68. The largest absolute Gasteiger partial charge is 0.303 e. The highest BCUT2D eigenvalue weighted by molar-refractivity contribution is 7.80. The Balaban J connectivity index is 1.63. The second-order valence-corrected chi connectivity index (χ2v) is 6.63. The molecule has 1 spiro atoms. The second kappa shape index (κ2) is 7.04. The summed E-state index contributed by atoms with van der Waals surface area (Å²) in [6.07, 6.45) is 14.6. The Labute approximate surface area is 113 Å². The zero-order chi connectivity index (χ0) is 12.0. The van der Waals surface area contributed by atoms with Crippen LogP contribution in [0.15, 0.2) is 0 Å². The quantitative estimate of drug-likeness (QED) is 0.571. The monoisotopic (exact) mass is 255 g/mol. The summed E-state index contributed by atoms with van der Waals surface area (Å²) in [4.78, 5) is 2.71. The van der Waals surface area contributed by atoms with Crippen LogP contribution in [0.5, 0.6) is 0 Å². The predicted octanol–water partition coefficient (Wildman–Crippen LogP) is 4.13. The molecule has 1 nitrogen and oxygen atoms in total. The van der Waals surface area contributed by atoms with Crippen molar-refractivity contribution < 1.29 is 0 Å². The highest BCUT2D eigenvalue weighted by Gasteiger charge is 2.34. The van der Waals surface area contributed by atoms with Crippen molar-refractivity contribution in [3.05, 3.63) is 0 Å². The lowest BCUT2D eigenvalue weighted by atomic mass is 9.68. The standard InChI is InChI=1S/C15H29NS/c17-14-6-2-5-11-16-12-9-15(10-13-16)7-3-1-4-8-15/h17H,1-14H2. The number of hydrogen-bond donors (Lipinski definition) is 1. The lowest BCUT2D eigenvalue weighted by Crippen LogP contribution is -2.41. The van der Waals surface area contributed by atoms with Crippen LogP contribution in [0.25, 0.3) is 0 Å². The molecule has 1 saturated carbocycles. The molecule has 0 aromatic rings. The first kappa shape index (κ1) is 13.7. The summed E-state index contributed by atoms with van der Waals surface area (Å²) in [5.41, 5.74) is 0.778. The second-order valence-electron chi connectivity index (χ2n) is 6.19. The van der Waals surface area contributed by atoms with E-state index in [0.29, 0.717) is 0 Å². The number of unbranched alkanes of at least 4 members (excludes halogenated alkanes) is 2. The lowest BCUT2D eigenvalue weighted by Gasteiger charge is -2.44. The number of hydrogen-bond acceptors (Lipinski definition) is 2. The van der Waals surface area contributed by atoms with Crippen LogP contribution in [-0.2, 0) is 0 Å². The van der Waals surface area contributed by atoms with Crippen molar-refractivity contribution in [2.75, 3.05) is 25.4 Å². The van der Waals surface area contributed by atoms with Crippen molar-refractivity contribution >= 4 is 12.6 Å². The summed E-state index contributed by atoms with van der Waals surface area (Å²) in [6, 6.07) is 0. The molecule has 100 valence electrons. The number of piperidine rings is 1. The fraction of sp³-hybridized carbons (Fsp3) is 1.00. The molecule has 1 saturated heterocycles. The fourth-order valence-corrected chi connectivity index (χ4v) is 3.90. The number of rotatable bonds is 5. The molecule has 0 unspecified atom stereocenters. The molecule has 0 aromatic carbocycles. The van der Waals surface area contributed by atoms with E-state index in [0.717, 1.165) is 11.2 Å². The molecule has 1 heterocycles. The van der Waals surface area contributed by atoms with Gasteiger partial charge in [-0.15, -0.1) is 0 Å². The molecule has 2 rings (SSSR count). The van der Waals surface area contributed by atoms with E-state index in [1.54, 1.807) is 0 Å². The minimum Gasteiger partial charge on any atom is -0.303 e. The summed E-state index contributed by atoms with van der Waals surface area (Å²) in [5.74, 6) is 1.06. The summed E-state index contributed by atoms with van der Waals surface area (Å²) in [5, 5.41) is 0. The molecule has 0 radical (unpaired) electrons. The highest BCUT2D eigenvalue weighted by atomic mass is 32.1. The zero-order valence-electron chi connectivity index (χ0n) is 11.3. The molecule has 2 fully saturated rings. The molecule has 0 N–H and O–H groups in total. The molecular weight excluding hydrogens is 226 g/mol. The number of thiol groups is 1. The van der Waals surface area contributed by atoms with Gasteiger partial charge in [0.05, 0.1) is 0 Å². The molecule has 2 aliphatic rings. The first-order valence-corrected chi connectivity index (χ1v) is 8.31. The van der Waals surface area contributed by atoms with E-state index in [1.165, 1.54) is 83.8 Å². The first-order chi connectivity index (χ1) is 8.35. The molecule has 1 aliphatic carbocycles. The van der Waals surface area contributed by atoms with Gasteiger partial charge >= 0.3 is 0 Å². The molecule has 1 aliphatic heterocycles. The van der Waals surface area contributed by atoms with E-state index in [9.17, 15) is 0 Å². The van der Waals surface area contributed by atoms with Crippen molar-refractivity contribution in [2.45, 2.75) is 64.2 Å². The Morgan fingerprint density at radius 2 is 1.53 bits per heavy atom. The molecule has 0 amide bonds. The molecule has 0 atom stereocenters. The van der Waals surface area contributed by atoms with Gasteiger partial charge in [-0.1, -0.05) is 25.7 Å². The Kier molecular flexibility index (Phi) is 5.68. The average molecular weight is 255 g/mol. The van der Waals surface area contributed by atoms with Gasteiger partial charge in [0.25, 0.3) is 0 Å². The third-order valence-electron chi connectivity index (χ3n) is 4.96. The van der Waals surface area contributed by atoms with Crippen LogP contribution in [0.1, 0.15) is 64.2 Å². The minimum absolute atomic E-state index is 0.778. The van der Waals surface area contributed by atoms with Gasteiger partial charge in [0.2, 0.25) is 0 Å². The van der Waals surface area contributed by atoms with Crippen LogP contribution >= 0.6 is 12.6 Å². The van der Waals surface area contributed by atoms with E-state index in [2.05, 4.69) is 17.5 Å². The lowest BCUT2D eigenvalue weighted by molar-refractivity contribution is 0.0670. The van der Waals surface area contributed by atoms with E-state index < -0.39 is 0 Å². The smallest absolute Gasteiger partial charge is 0.00134 e. The Morgan fingerprint density at radius 3 is 2.18 bits per heavy atom. The molecule has 17 heavy (non-hydrogen) atoms. The molecular formula is C15H29NS. The third-order valence-corrected chi connectivity index (χ3v) is 5.28. The van der Waals surface area contributed by atoms with Gasteiger partial charge in [-0.05, 0) is 69.3 Å². The fourth-order valence-electron chi connectivity index (χ4n) is 3.68. The predicted molar refractivity (Wildman–Crippen MR) is 78.9 cm³/mol. The van der Waals surface area contributed by atoms with Gasteiger partial charge in [-0.25, -0.2) is 0 Å². The normalized spacial score (nSPS) is 25.2. The molecule has 0 bridgehead atoms. The maximum Gasteiger partial charge on any atom is -0.00134 e. The summed E-state index contributed by atoms with van der Waals surface area (Å²) < 4.78 is 0. The topological polar surface area (TPSA) is 3.24 Å². The third kappa shape index (κ3) is 4.17. The van der Waals surface area contributed by atoms with Gasteiger partial charge in [-0.2, -0.15) is 12.6 Å².